The maximum absolute atomic E-state index is 11.7. The number of carbonyl (C=O) groups excluding carboxylic acids is 1. The molecule has 2 aromatic rings. The molecule has 0 radical (unpaired) electrons. The first-order valence-corrected chi connectivity index (χ1v) is 8.54. The second-order valence-corrected chi connectivity index (χ2v) is 6.39. The first-order valence-electron chi connectivity index (χ1n) is 7.49. The number of aromatic hydroxyl groups is 1. The van der Waals surface area contributed by atoms with Crippen molar-refractivity contribution >= 4 is 17.7 Å². The summed E-state index contributed by atoms with van der Waals surface area (Å²) in [4.78, 5) is 15.9. The van der Waals surface area contributed by atoms with Crippen LogP contribution in [-0.4, -0.2) is 35.0 Å². The number of nitrogens with one attached hydrogen (secondary N) is 1. The summed E-state index contributed by atoms with van der Waals surface area (Å²) in [6.07, 6.45) is 1.71. The Morgan fingerprint density at radius 1 is 1.38 bits per heavy atom. The molecule has 0 saturated carbocycles. The Balaban J connectivity index is 1.77. The van der Waals surface area contributed by atoms with Gasteiger partial charge >= 0.3 is 5.97 Å². The fourth-order valence-corrected chi connectivity index (χ4v) is 3.75. The van der Waals surface area contributed by atoms with Crippen LogP contribution in [0.5, 0.6) is 11.5 Å². The largest absolute Gasteiger partial charge is 0.507 e. The number of nitrogens with zero attached hydrogens (tertiary/aromatic N) is 1. The second-order valence-electron chi connectivity index (χ2n) is 5.25. The first-order chi connectivity index (χ1) is 11.7. The molecule has 7 heteroatoms. The number of pyridine rings is 1. The molecule has 2 heterocycles. The molecule has 1 aromatic heterocycles. The van der Waals surface area contributed by atoms with Crippen LogP contribution in [0.1, 0.15) is 16.6 Å². The van der Waals surface area contributed by atoms with Gasteiger partial charge in [0.15, 0.2) is 0 Å². The predicted molar refractivity (Wildman–Crippen MR) is 90.8 cm³/mol. The zero-order valence-electron chi connectivity index (χ0n) is 13.1. The number of hydrogen-bond acceptors (Lipinski definition) is 7. The standard InChI is InChI=1S/C17H18N2O4S/c1-22-17(21)12-10-24-16(19-12)15-13(20)6-4-7-14(15)23-9-11-5-2-3-8-18-11/h2-8,12,16,19-20H,9-10H2,1H3. The lowest BCUT2D eigenvalue weighted by molar-refractivity contribution is -0.142. The van der Waals surface area contributed by atoms with Crippen LogP contribution in [0, 0.1) is 0 Å². The third-order valence-electron chi connectivity index (χ3n) is 3.67. The van der Waals surface area contributed by atoms with Gasteiger partial charge in [-0.1, -0.05) is 12.1 Å². The summed E-state index contributed by atoms with van der Waals surface area (Å²) in [7, 11) is 1.36. The van der Waals surface area contributed by atoms with Gasteiger partial charge in [0.25, 0.3) is 0 Å². The average molecular weight is 346 g/mol. The van der Waals surface area contributed by atoms with Gasteiger partial charge in [-0.2, -0.15) is 0 Å². The molecule has 126 valence electrons. The highest BCUT2D eigenvalue weighted by Crippen LogP contribution is 2.42. The van der Waals surface area contributed by atoms with E-state index in [0.29, 0.717) is 23.7 Å². The molecule has 2 N–H and O–H groups in total. The van der Waals surface area contributed by atoms with Crippen LogP contribution in [0.3, 0.4) is 0 Å². The summed E-state index contributed by atoms with van der Waals surface area (Å²) in [6.45, 7) is 0.301. The van der Waals surface area contributed by atoms with E-state index in [2.05, 4.69) is 10.3 Å². The summed E-state index contributed by atoms with van der Waals surface area (Å²) in [5, 5.41) is 13.2. The molecular formula is C17H18N2O4S. The Morgan fingerprint density at radius 2 is 2.25 bits per heavy atom. The zero-order chi connectivity index (χ0) is 16.9. The number of rotatable bonds is 5. The number of methoxy groups -OCH3 is 1. The van der Waals surface area contributed by atoms with Gasteiger partial charge in [-0.25, -0.2) is 0 Å². The van der Waals surface area contributed by atoms with E-state index in [-0.39, 0.29) is 17.1 Å². The van der Waals surface area contributed by atoms with Gasteiger partial charge < -0.3 is 14.6 Å². The second kappa shape index (κ2) is 7.55. The molecule has 0 bridgehead atoms. The van der Waals surface area contributed by atoms with Crippen LogP contribution in [0.15, 0.2) is 42.6 Å². The van der Waals surface area contributed by atoms with E-state index in [1.54, 1.807) is 24.4 Å². The van der Waals surface area contributed by atoms with E-state index in [1.165, 1.54) is 18.9 Å². The van der Waals surface area contributed by atoms with Crippen molar-refractivity contribution in [3.63, 3.8) is 0 Å². The average Bonchev–Trinajstić information content (AvgIpc) is 3.09. The molecule has 3 rings (SSSR count). The van der Waals surface area contributed by atoms with E-state index < -0.39 is 6.04 Å². The van der Waals surface area contributed by atoms with Gasteiger partial charge in [0.2, 0.25) is 0 Å². The van der Waals surface area contributed by atoms with Crippen molar-refractivity contribution in [1.82, 2.24) is 10.3 Å². The fraction of sp³-hybridized carbons (Fsp3) is 0.294. The van der Waals surface area contributed by atoms with E-state index in [4.69, 9.17) is 9.47 Å². The van der Waals surface area contributed by atoms with Crippen molar-refractivity contribution < 1.29 is 19.4 Å². The third-order valence-corrected chi connectivity index (χ3v) is 4.91. The van der Waals surface area contributed by atoms with Crippen molar-refractivity contribution in [2.75, 3.05) is 12.9 Å². The number of aromatic nitrogens is 1. The van der Waals surface area contributed by atoms with Crippen molar-refractivity contribution in [3.05, 3.63) is 53.9 Å². The summed E-state index contributed by atoms with van der Waals surface area (Å²) in [5.74, 6) is 0.960. The molecule has 6 nitrogen and oxygen atoms in total. The van der Waals surface area contributed by atoms with Crippen LogP contribution in [0.2, 0.25) is 0 Å². The van der Waals surface area contributed by atoms with Gasteiger partial charge in [0.05, 0.1) is 23.7 Å². The van der Waals surface area contributed by atoms with Crippen LogP contribution < -0.4 is 10.1 Å². The molecule has 1 aliphatic rings. The smallest absolute Gasteiger partial charge is 0.323 e. The minimum Gasteiger partial charge on any atom is -0.507 e. The van der Waals surface area contributed by atoms with Gasteiger partial charge in [0, 0.05) is 11.9 Å². The van der Waals surface area contributed by atoms with E-state index in [1.807, 2.05) is 18.2 Å². The SMILES string of the molecule is COC(=O)C1CSC(c2c(O)cccc2OCc2ccccn2)N1. The van der Waals surface area contributed by atoms with Gasteiger partial charge in [-0.05, 0) is 24.3 Å². The summed E-state index contributed by atoms with van der Waals surface area (Å²) >= 11 is 1.53. The van der Waals surface area contributed by atoms with Crippen LogP contribution in [-0.2, 0) is 16.1 Å². The topological polar surface area (TPSA) is 80.7 Å². The number of esters is 1. The predicted octanol–water partition coefficient (Wildman–Crippen LogP) is 2.24. The highest BCUT2D eigenvalue weighted by molar-refractivity contribution is 7.99. The molecular weight excluding hydrogens is 328 g/mol. The lowest BCUT2D eigenvalue weighted by Gasteiger charge is -2.18. The molecule has 1 saturated heterocycles. The molecule has 1 fully saturated rings. The summed E-state index contributed by atoms with van der Waals surface area (Å²) < 4.78 is 10.6. The number of benzene rings is 1. The van der Waals surface area contributed by atoms with Crippen LogP contribution >= 0.6 is 11.8 Å². The number of phenols is 1. The van der Waals surface area contributed by atoms with Crippen molar-refractivity contribution in [3.8, 4) is 11.5 Å². The fourth-order valence-electron chi connectivity index (χ4n) is 2.47. The van der Waals surface area contributed by atoms with Crippen molar-refractivity contribution in [1.29, 1.82) is 0 Å². The Bertz CT molecular complexity index is 711. The molecule has 0 aliphatic carbocycles. The molecule has 0 amide bonds. The first kappa shape index (κ1) is 16.6. The highest BCUT2D eigenvalue weighted by atomic mass is 32.2. The number of hydrogen-bond donors (Lipinski definition) is 2. The molecule has 24 heavy (non-hydrogen) atoms. The van der Waals surface area contributed by atoms with Crippen molar-refractivity contribution in [2.45, 2.75) is 18.0 Å². The zero-order valence-corrected chi connectivity index (χ0v) is 14.0. The Morgan fingerprint density at radius 3 is 3.00 bits per heavy atom. The monoisotopic (exact) mass is 346 g/mol. The van der Waals surface area contributed by atoms with E-state index in [0.717, 1.165) is 5.69 Å². The quantitative estimate of drug-likeness (QED) is 0.804. The van der Waals surface area contributed by atoms with Crippen LogP contribution in [0.25, 0.3) is 0 Å². The molecule has 2 atom stereocenters. The third kappa shape index (κ3) is 3.63. The molecule has 1 aromatic carbocycles. The maximum Gasteiger partial charge on any atom is 0.323 e. The summed E-state index contributed by atoms with van der Waals surface area (Å²) in [6, 6.07) is 10.3. The minimum absolute atomic E-state index is 0.129. The number of ether oxygens (including phenoxy) is 2. The Kier molecular flexibility index (Phi) is 5.22. The molecule has 1 aliphatic heterocycles. The number of phenolic OH excluding ortho intramolecular Hbond substituents is 1. The lowest BCUT2D eigenvalue weighted by atomic mass is 10.1. The van der Waals surface area contributed by atoms with Crippen molar-refractivity contribution in [2.24, 2.45) is 0 Å². The van der Waals surface area contributed by atoms with Gasteiger partial charge in [0.1, 0.15) is 24.1 Å². The van der Waals surface area contributed by atoms with E-state index >= 15 is 0 Å². The maximum atomic E-state index is 11.7. The van der Waals surface area contributed by atoms with Gasteiger partial charge in [-0.3, -0.25) is 15.1 Å². The van der Waals surface area contributed by atoms with Crippen LogP contribution in [0.4, 0.5) is 0 Å². The number of carbonyl (C=O) groups is 1. The minimum atomic E-state index is -0.395. The van der Waals surface area contributed by atoms with E-state index in [9.17, 15) is 9.90 Å². The number of thioether (sulfide) groups is 1. The normalized spacial score (nSPS) is 19.9. The highest BCUT2D eigenvalue weighted by Gasteiger charge is 2.34. The molecule has 2 unspecified atom stereocenters. The van der Waals surface area contributed by atoms with Gasteiger partial charge in [-0.15, -0.1) is 11.8 Å². The summed E-state index contributed by atoms with van der Waals surface area (Å²) in [5.41, 5.74) is 1.43. The molecule has 0 spiro atoms. The Labute approximate surface area is 144 Å². The lowest BCUT2D eigenvalue weighted by Crippen LogP contribution is -2.35. The Hall–Kier alpha value is -2.25.